The number of rotatable bonds is 7. The van der Waals surface area contributed by atoms with Crippen LogP contribution >= 0.6 is 0 Å². The first-order valence-electron chi connectivity index (χ1n) is 7.71. The molecule has 0 aliphatic rings. The van der Waals surface area contributed by atoms with E-state index in [-0.39, 0.29) is 17.2 Å². The third kappa shape index (κ3) is 4.68. The van der Waals surface area contributed by atoms with Gasteiger partial charge in [0.05, 0.1) is 11.1 Å². The normalized spacial score (nSPS) is 11.7. The van der Waals surface area contributed by atoms with E-state index in [1.165, 1.54) is 12.1 Å². The Morgan fingerprint density at radius 3 is 2.39 bits per heavy atom. The van der Waals surface area contributed by atoms with Gasteiger partial charge in [-0.15, -0.1) is 0 Å². The van der Waals surface area contributed by atoms with E-state index >= 15 is 0 Å². The number of ether oxygens (including phenoxy) is 1. The van der Waals surface area contributed by atoms with Crippen LogP contribution in [0.15, 0.2) is 54.6 Å². The molecule has 2 rings (SSSR count). The summed E-state index contributed by atoms with van der Waals surface area (Å²) < 4.78 is 5.63. The number of carbonyl (C=O) groups excluding carboxylic acids is 1. The molecule has 0 fully saturated rings. The average molecular weight is 312 g/mol. The number of carboxylic acids is 1. The fourth-order valence-corrected chi connectivity index (χ4v) is 2.33. The predicted molar refractivity (Wildman–Crippen MR) is 87.5 cm³/mol. The van der Waals surface area contributed by atoms with Crippen molar-refractivity contribution in [3.63, 3.8) is 0 Å². The Kier molecular flexibility index (Phi) is 5.92. The Morgan fingerprint density at radius 2 is 1.74 bits per heavy atom. The molecule has 1 unspecified atom stereocenters. The van der Waals surface area contributed by atoms with Gasteiger partial charge in [-0.1, -0.05) is 49.7 Å². The molecule has 0 heterocycles. The molecule has 0 bridgehead atoms. The fraction of sp³-hybridized carbons (Fsp3) is 0.263. The third-order valence-electron chi connectivity index (χ3n) is 3.59. The Hall–Kier alpha value is -2.62. The minimum atomic E-state index is -1.06. The number of aromatic carboxylic acids is 1. The SMILES string of the molecule is CCCCC(OC(=O)c1cccc(C(=O)O)c1)c1ccccc1. The maximum atomic E-state index is 12.4. The minimum absolute atomic E-state index is 0.0734. The molecule has 120 valence electrons. The molecule has 0 saturated carbocycles. The van der Waals surface area contributed by atoms with Gasteiger partial charge in [0.25, 0.3) is 0 Å². The van der Waals surface area contributed by atoms with Gasteiger partial charge in [-0.25, -0.2) is 9.59 Å². The van der Waals surface area contributed by atoms with E-state index in [1.807, 2.05) is 30.3 Å². The van der Waals surface area contributed by atoms with E-state index in [9.17, 15) is 9.59 Å². The molecule has 2 aromatic rings. The quantitative estimate of drug-likeness (QED) is 0.766. The van der Waals surface area contributed by atoms with Crippen molar-refractivity contribution in [1.29, 1.82) is 0 Å². The molecule has 0 radical (unpaired) electrons. The van der Waals surface area contributed by atoms with Gasteiger partial charge in [0, 0.05) is 0 Å². The van der Waals surface area contributed by atoms with Crippen molar-refractivity contribution in [2.75, 3.05) is 0 Å². The van der Waals surface area contributed by atoms with Crippen LogP contribution in [0, 0.1) is 0 Å². The van der Waals surface area contributed by atoms with E-state index in [1.54, 1.807) is 12.1 Å². The molecule has 0 spiro atoms. The van der Waals surface area contributed by atoms with Crippen LogP contribution in [0.5, 0.6) is 0 Å². The van der Waals surface area contributed by atoms with E-state index < -0.39 is 11.9 Å². The van der Waals surface area contributed by atoms with E-state index in [0.717, 1.165) is 24.8 Å². The number of unbranched alkanes of at least 4 members (excludes halogenated alkanes) is 1. The summed E-state index contributed by atoms with van der Waals surface area (Å²) >= 11 is 0. The number of carbonyl (C=O) groups is 2. The van der Waals surface area contributed by atoms with Crippen molar-refractivity contribution in [2.24, 2.45) is 0 Å². The monoisotopic (exact) mass is 312 g/mol. The molecule has 0 aliphatic carbocycles. The summed E-state index contributed by atoms with van der Waals surface area (Å²) in [5, 5.41) is 9.01. The Bertz CT molecular complexity index is 664. The van der Waals surface area contributed by atoms with Gasteiger partial charge in [-0.3, -0.25) is 0 Å². The summed E-state index contributed by atoms with van der Waals surface area (Å²) in [5.74, 6) is -1.57. The maximum absolute atomic E-state index is 12.4. The molecular weight excluding hydrogens is 292 g/mol. The van der Waals surface area contributed by atoms with Crippen LogP contribution in [0.1, 0.15) is 58.6 Å². The second kappa shape index (κ2) is 8.13. The summed E-state index contributed by atoms with van der Waals surface area (Å²) in [6, 6.07) is 15.5. The maximum Gasteiger partial charge on any atom is 0.338 e. The Balaban J connectivity index is 2.17. The molecule has 0 saturated heterocycles. The van der Waals surface area contributed by atoms with Gasteiger partial charge in [-0.2, -0.15) is 0 Å². The summed E-state index contributed by atoms with van der Waals surface area (Å²) in [5.41, 5.74) is 1.27. The zero-order valence-electron chi connectivity index (χ0n) is 13.1. The molecule has 4 heteroatoms. The lowest BCUT2D eigenvalue weighted by Crippen LogP contribution is -2.12. The molecule has 0 aliphatic heterocycles. The van der Waals surface area contributed by atoms with Crippen LogP contribution in [0.4, 0.5) is 0 Å². The first kappa shape index (κ1) is 16.7. The highest BCUT2D eigenvalue weighted by molar-refractivity contribution is 5.94. The molecule has 23 heavy (non-hydrogen) atoms. The molecule has 0 amide bonds. The van der Waals surface area contributed by atoms with Crippen molar-refractivity contribution in [2.45, 2.75) is 32.3 Å². The summed E-state index contributed by atoms with van der Waals surface area (Å²) in [6.45, 7) is 2.08. The van der Waals surface area contributed by atoms with Gasteiger partial charge in [-0.05, 0) is 36.6 Å². The second-order valence-electron chi connectivity index (χ2n) is 5.33. The largest absolute Gasteiger partial charge is 0.478 e. The second-order valence-corrected chi connectivity index (χ2v) is 5.33. The number of esters is 1. The highest BCUT2D eigenvalue weighted by Crippen LogP contribution is 2.25. The fourth-order valence-electron chi connectivity index (χ4n) is 2.33. The van der Waals surface area contributed by atoms with Crippen molar-refractivity contribution in [1.82, 2.24) is 0 Å². The molecule has 2 aromatic carbocycles. The highest BCUT2D eigenvalue weighted by Gasteiger charge is 2.18. The van der Waals surface area contributed by atoms with E-state index in [0.29, 0.717) is 0 Å². The average Bonchev–Trinajstić information content (AvgIpc) is 2.59. The smallest absolute Gasteiger partial charge is 0.338 e. The standard InChI is InChI=1S/C19H20O4/c1-2-3-12-17(14-8-5-4-6-9-14)23-19(22)16-11-7-10-15(13-16)18(20)21/h4-11,13,17H,2-3,12H2,1H3,(H,20,21). The van der Waals surface area contributed by atoms with E-state index in [2.05, 4.69) is 6.92 Å². The molecule has 1 atom stereocenters. The van der Waals surface area contributed by atoms with Gasteiger partial charge in [0.1, 0.15) is 6.10 Å². The van der Waals surface area contributed by atoms with Crippen molar-refractivity contribution < 1.29 is 19.4 Å². The van der Waals surface area contributed by atoms with Crippen molar-refractivity contribution in [3.8, 4) is 0 Å². The lowest BCUT2D eigenvalue weighted by Gasteiger charge is -2.18. The lowest BCUT2D eigenvalue weighted by atomic mass is 10.0. The summed E-state index contributed by atoms with van der Waals surface area (Å²) in [4.78, 5) is 23.4. The van der Waals surface area contributed by atoms with Gasteiger partial charge in [0.2, 0.25) is 0 Å². The first-order valence-corrected chi connectivity index (χ1v) is 7.71. The van der Waals surface area contributed by atoms with Gasteiger partial charge < -0.3 is 9.84 Å². The Labute approximate surface area is 135 Å². The van der Waals surface area contributed by atoms with Crippen LogP contribution in [0.25, 0.3) is 0 Å². The molecule has 1 N–H and O–H groups in total. The van der Waals surface area contributed by atoms with Crippen LogP contribution in [0.3, 0.4) is 0 Å². The summed E-state index contributed by atoms with van der Waals surface area (Å²) in [6.07, 6.45) is 2.37. The predicted octanol–water partition coefficient (Wildman–Crippen LogP) is 4.47. The van der Waals surface area contributed by atoms with Crippen LogP contribution in [-0.2, 0) is 4.74 Å². The van der Waals surface area contributed by atoms with Crippen LogP contribution in [-0.4, -0.2) is 17.0 Å². The van der Waals surface area contributed by atoms with Crippen molar-refractivity contribution in [3.05, 3.63) is 71.3 Å². The molecular formula is C19H20O4. The van der Waals surface area contributed by atoms with Crippen LogP contribution < -0.4 is 0 Å². The lowest BCUT2D eigenvalue weighted by molar-refractivity contribution is 0.0271. The number of hydrogen-bond acceptors (Lipinski definition) is 3. The number of hydrogen-bond donors (Lipinski definition) is 1. The summed E-state index contributed by atoms with van der Waals surface area (Å²) in [7, 11) is 0. The Morgan fingerprint density at radius 1 is 1.04 bits per heavy atom. The molecule has 4 nitrogen and oxygen atoms in total. The van der Waals surface area contributed by atoms with Gasteiger partial charge >= 0.3 is 11.9 Å². The number of benzene rings is 2. The topological polar surface area (TPSA) is 63.6 Å². The van der Waals surface area contributed by atoms with Crippen molar-refractivity contribution >= 4 is 11.9 Å². The minimum Gasteiger partial charge on any atom is -0.478 e. The van der Waals surface area contributed by atoms with E-state index in [4.69, 9.17) is 9.84 Å². The third-order valence-corrected chi connectivity index (χ3v) is 3.59. The first-order chi connectivity index (χ1) is 11.1. The zero-order valence-corrected chi connectivity index (χ0v) is 13.1. The zero-order chi connectivity index (χ0) is 16.7. The molecule has 0 aromatic heterocycles. The number of carboxylic acid groups (broad SMARTS) is 1. The highest BCUT2D eigenvalue weighted by atomic mass is 16.5. The van der Waals surface area contributed by atoms with Crippen LogP contribution in [0.2, 0.25) is 0 Å². The van der Waals surface area contributed by atoms with Gasteiger partial charge in [0.15, 0.2) is 0 Å².